The number of halogens is 1. The van der Waals surface area contributed by atoms with Crippen LogP contribution in [0.4, 0.5) is 4.39 Å². The quantitative estimate of drug-likeness (QED) is 0.566. The Hall–Kier alpha value is -3.48. The van der Waals surface area contributed by atoms with Crippen LogP contribution in [0.25, 0.3) is 10.9 Å². The van der Waals surface area contributed by atoms with Gasteiger partial charge in [-0.1, -0.05) is 12.1 Å². The second-order valence-electron chi connectivity index (χ2n) is 7.34. The molecule has 7 heteroatoms. The molecule has 4 rings (SSSR count). The Labute approximate surface area is 167 Å². The molecule has 29 heavy (non-hydrogen) atoms. The van der Waals surface area contributed by atoms with Crippen LogP contribution < -0.4 is 5.73 Å². The maximum Gasteiger partial charge on any atom is 0.265 e. The van der Waals surface area contributed by atoms with E-state index in [4.69, 9.17) is 5.73 Å². The minimum absolute atomic E-state index is 0.257. The van der Waals surface area contributed by atoms with Crippen molar-refractivity contribution in [3.8, 4) is 0 Å². The number of aromatic nitrogens is 4. The molecule has 6 nitrogen and oxygen atoms in total. The van der Waals surface area contributed by atoms with Gasteiger partial charge in [-0.2, -0.15) is 5.10 Å². The lowest BCUT2D eigenvalue weighted by Crippen LogP contribution is -2.23. The van der Waals surface area contributed by atoms with Crippen LogP contribution in [0.15, 0.2) is 48.9 Å². The van der Waals surface area contributed by atoms with Gasteiger partial charge in [0.2, 0.25) is 0 Å². The Balaban J connectivity index is 2.03. The number of aryl methyl sites for hydroxylation is 3. The van der Waals surface area contributed by atoms with E-state index in [-0.39, 0.29) is 17.6 Å². The highest BCUT2D eigenvalue weighted by molar-refractivity contribution is 5.99. The van der Waals surface area contributed by atoms with Gasteiger partial charge >= 0.3 is 0 Å². The van der Waals surface area contributed by atoms with Gasteiger partial charge in [0.15, 0.2) is 0 Å². The van der Waals surface area contributed by atoms with Crippen LogP contribution >= 0.6 is 0 Å². The van der Waals surface area contributed by atoms with Gasteiger partial charge in [-0.3, -0.25) is 14.5 Å². The number of carbonyl (C=O) groups excluding carboxylic acids is 1. The highest BCUT2D eigenvalue weighted by Crippen LogP contribution is 2.34. The molecule has 1 atom stereocenters. The Morgan fingerprint density at radius 2 is 2.03 bits per heavy atom. The monoisotopic (exact) mass is 391 g/mol. The fraction of sp³-hybridized carbons (Fsp3) is 0.227. The Kier molecular flexibility index (Phi) is 4.66. The smallest absolute Gasteiger partial charge is 0.265 e. The molecule has 0 fully saturated rings. The van der Waals surface area contributed by atoms with Gasteiger partial charge in [0.05, 0.1) is 23.4 Å². The molecule has 0 bridgehead atoms. The average molecular weight is 391 g/mol. The molecule has 0 aliphatic carbocycles. The van der Waals surface area contributed by atoms with E-state index in [0.29, 0.717) is 17.3 Å². The molecule has 3 heterocycles. The maximum absolute atomic E-state index is 14.6. The van der Waals surface area contributed by atoms with Gasteiger partial charge in [0.1, 0.15) is 11.5 Å². The number of carbonyl (C=O) groups is 1. The predicted molar refractivity (Wildman–Crippen MR) is 109 cm³/mol. The lowest BCUT2D eigenvalue weighted by molar-refractivity contribution is 0.0990. The lowest BCUT2D eigenvalue weighted by Gasteiger charge is -2.23. The molecule has 2 N–H and O–H groups in total. The summed E-state index contributed by atoms with van der Waals surface area (Å²) in [7, 11) is 1.85. The molecule has 1 aromatic carbocycles. The van der Waals surface area contributed by atoms with Gasteiger partial charge in [-0.15, -0.1) is 0 Å². The highest BCUT2D eigenvalue weighted by Gasteiger charge is 2.27. The van der Waals surface area contributed by atoms with Crippen LogP contribution in [-0.2, 0) is 13.5 Å². The summed E-state index contributed by atoms with van der Waals surface area (Å²) in [6, 6.07) is 8.16. The molecule has 1 amide bonds. The number of rotatable bonds is 5. The van der Waals surface area contributed by atoms with E-state index in [0.717, 1.165) is 22.4 Å². The Bertz CT molecular complexity index is 1220. The van der Waals surface area contributed by atoms with Crippen LogP contribution in [0.3, 0.4) is 0 Å². The number of amides is 1. The zero-order valence-corrected chi connectivity index (χ0v) is 16.6. The molecule has 148 valence electrons. The first-order valence-electron chi connectivity index (χ1n) is 9.35. The molecular formula is C22H22FN5O. The van der Waals surface area contributed by atoms with Crippen LogP contribution in [0.5, 0.6) is 0 Å². The fourth-order valence-corrected chi connectivity index (χ4v) is 3.95. The van der Waals surface area contributed by atoms with E-state index in [1.54, 1.807) is 23.1 Å². The van der Waals surface area contributed by atoms with E-state index in [9.17, 15) is 9.18 Å². The fourth-order valence-electron chi connectivity index (χ4n) is 3.95. The number of hydrogen-bond acceptors (Lipinski definition) is 3. The predicted octanol–water partition coefficient (Wildman–Crippen LogP) is 3.46. The number of pyridine rings is 1. The third-order valence-corrected chi connectivity index (χ3v) is 5.26. The molecule has 3 aromatic heterocycles. The zero-order chi connectivity index (χ0) is 20.7. The van der Waals surface area contributed by atoms with Crippen molar-refractivity contribution in [2.75, 3.05) is 0 Å². The van der Waals surface area contributed by atoms with Crippen molar-refractivity contribution < 1.29 is 9.18 Å². The molecule has 0 saturated heterocycles. The first kappa shape index (κ1) is 18.9. The van der Waals surface area contributed by atoms with Crippen LogP contribution in [0.2, 0.25) is 0 Å². The largest absolute Gasteiger partial charge is 0.364 e. The van der Waals surface area contributed by atoms with Crippen molar-refractivity contribution in [3.63, 3.8) is 0 Å². The normalized spacial score (nSPS) is 12.4. The van der Waals surface area contributed by atoms with E-state index >= 15 is 0 Å². The van der Waals surface area contributed by atoms with Crippen molar-refractivity contribution in [3.05, 3.63) is 82.8 Å². The van der Waals surface area contributed by atoms with Gasteiger partial charge in [-0.25, -0.2) is 4.39 Å². The summed E-state index contributed by atoms with van der Waals surface area (Å²) in [6.07, 6.45) is 5.97. The van der Waals surface area contributed by atoms with Gasteiger partial charge in [0, 0.05) is 31.2 Å². The van der Waals surface area contributed by atoms with Crippen molar-refractivity contribution in [2.45, 2.75) is 26.3 Å². The Morgan fingerprint density at radius 1 is 1.24 bits per heavy atom. The van der Waals surface area contributed by atoms with Crippen LogP contribution in [-0.4, -0.2) is 25.2 Å². The van der Waals surface area contributed by atoms with E-state index in [1.165, 1.54) is 12.1 Å². The summed E-state index contributed by atoms with van der Waals surface area (Å²) >= 11 is 0. The summed E-state index contributed by atoms with van der Waals surface area (Å²) in [5, 5.41) is 4.63. The summed E-state index contributed by atoms with van der Waals surface area (Å²) in [5.41, 5.74) is 10.2. The average Bonchev–Trinajstić information content (AvgIpc) is 3.28. The second-order valence-corrected chi connectivity index (χ2v) is 7.34. The van der Waals surface area contributed by atoms with Crippen molar-refractivity contribution >= 4 is 16.8 Å². The second kappa shape index (κ2) is 7.16. The first-order valence-corrected chi connectivity index (χ1v) is 9.35. The first-order chi connectivity index (χ1) is 13.9. The van der Waals surface area contributed by atoms with Crippen molar-refractivity contribution in [2.24, 2.45) is 12.8 Å². The third kappa shape index (κ3) is 3.29. The number of benzene rings is 1. The summed E-state index contributed by atoms with van der Waals surface area (Å²) in [5.74, 6) is -0.991. The minimum Gasteiger partial charge on any atom is -0.364 e. The number of primary amides is 1. The molecule has 0 aliphatic heterocycles. The number of nitrogens with two attached hydrogens (primary N) is 1. The van der Waals surface area contributed by atoms with E-state index < -0.39 is 5.91 Å². The van der Waals surface area contributed by atoms with E-state index in [1.807, 2.05) is 43.8 Å². The SMILES string of the molecule is Cc1cccnc1C(Cc1cnn(C)c1)n1c(C(N)=O)cc2c(F)ccc(C)c21. The summed E-state index contributed by atoms with van der Waals surface area (Å²) < 4.78 is 18.2. The van der Waals surface area contributed by atoms with Gasteiger partial charge in [-0.05, 0) is 48.7 Å². The lowest BCUT2D eigenvalue weighted by atomic mass is 10.0. The van der Waals surface area contributed by atoms with Gasteiger partial charge < -0.3 is 10.3 Å². The number of hydrogen-bond donors (Lipinski definition) is 1. The molecule has 1 unspecified atom stereocenters. The van der Waals surface area contributed by atoms with Crippen molar-refractivity contribution in [1.82, 2.24) is 19.3 Å². The minimum atomic E-state index is -0.607. The number of fused-ring (bicyclic) bond motifs is 1. The molecule has 0 saturated carbocycles. The summed E-state index contributed by atoms with van der Waals surface area (Å²) in [6.45, 7) is 3.87. The molecule has 0 spiro atoms. The van der Waals surface area contributed by atoms with E-state index in [2.05, 4.69) is 10.1 Å². The third-order valence-electron chi connectivity index (χ3n) is 5.26. The van der Waals surface area contributed by atoms with Crippen LogP contribution in [0.1, 0.15) is 38.9 Å². The molecule has 4 aromatic rings. The Morgan fingerprint density at radius 3 is 2.69 bits per heavy atom. The molecule has 0 aliphatic rings. The topological polar surface area (TPSA) is 78.7 Å². The maximum atomic E-state index is 14.6. The summed E-state index contributed by atoms with van der Waals surface area (Å²) in [4.78, 5) is 16.9. The standard InChI is InChI=1S/C22H22FN5O/c1-13-5-4-8-25-20(13)18(9-15-11-26-27(3)12-15)28-19(22(24)29)10-16-17(23)7-6-14(2)21(16)28/h4-8,10-12,18H,9H2,1-3H3,(H2,24,29). The molecular weight excluding hydrogens is 369 g/mol. The highest BCUT2D eigenvalue weighted by atomic mass is 19.1. The zero-order valence-electron chi connectivity index (χ0n) is 16.6. The van der Waals surface area contributed by atoms with Gasteiger partial charge in [0.25, 0.3) is 5.91 Å². The van der Waals surface area contributed by atoms with Crippen molar-refractivity contribution in [1.29, 1.82) is 0 Å². The van der Waals surface area contributed by atoms with Crippen LogP contribution in [0, 0.1) is 19.7 Å². The molecule has 0 radical (unpaired) electrons. The number of nitrogens with zero attached hydrogens (tertiary/aromatic N) is 4.